The van der Waals surface area contributed by atoms with Gasteiger partial charge in [-0.3, -0.25) is 10.1 Å². The van der Waals surface area contributed by atoms with E-state index in [0.29, 0.717) is 0 Å². The highest BCUT2D eigenvalue weighted by Gasteiger charge is 2.25. The van der Waals surface area contributed by atoms with E-state index in [4.69, 9.17) is 5.73 Å². The molecule has 1 aromatic rings. The molecule has 1 aromatic carbocycles. The topological polar surface area (TPSA) is 126 Å². The molecule has 7 N–H and O–H groups in total. The molecule has 0 bridgehead atoms. The summed E-state index contributed by atoms with van der Waals surface area (Å²) >= 11 is 0. The lowest BCUT2D eigenvalue weighted by Crippen LogP contribution is -2.16. The lowest BCUT2D eigenvalue weighted by molar-refractivity contribution is -0.385. The fourth-order valence-electron chi connectivity index (χ4n) is 1.38. The highest BCUT2D eigenvalue weighted by molar-refractivity contribution is 5.65. The summed E-state index contributed by atoms with van der Waals surface area (Å²) in [7, 11) is 0. The Balaban J connectivity index is 0.00000256. The van der Waals surface area contributed by atoms with E-state index in [0.717, 1.165) is 12.0 Å². The summed E-state index contributed by atoms with van der Waals surface area (Å²) in [5.74, 6) is -0.458. The molecule has 96 valence electrons. The van der Waals surface area contributed by atoms with Crippen molar-refractivity contribution in [1.82, 2.24) is 6.15 Å². The Morgan fingerprint density at radius 2 is 2.00 bits per heavy atom. The van der Waals surface area contributed by atoms with Crippen molar-refractivity contribution in [2.75, 3.05) is 5.73 Å². The lowest BCUT2D eigenvalue weighted by Gasteiger charge is -2.23. The zero-order valence-electron chi connectivity index (χ0n) is 10.7. The molecule has 6 heteroatoms. The number of nitro benzene ring substituents is 1. The summed E-state index contributed by atoms with van der Waals surface area (Å²) in [4.78, 5) is 10.1. The van der Waals surface area contributed by atoms with Gasteiger partial charge in [-0.2, -0.15) is 0 Å². The molecule has 0 aromatic heterocycles. The van der Waals surface area contributed by atoms with Crippen LogP contribution in [0.25, 0.3) is 0 Å². The van der Waals surface area contributed by atoms with Crippen LogP contribution in [0.2, 0.25) is 0 Å². The maximum Gasteiger partial charge on any atom is 0.313 e. The molecule has 0 aliphatic rings. The zero-order valence-corrected chi connectivity index (χ0v) is 10.7. The number of hydrogen-bond acceptors (Lipinski definition) is 4. The highest BCUT2D eigenvalue weighted by Crippen LogP contribution is 2.38. The molecule has 1 rings (SSSR count). The molecule has 0 radical (unpaired) electrons. The smallest absolute Gasteiger partial charge is 0.313 e. The molecule has 0 saturated carbocycles. The predicted molar refractivity (Wildman–Crippen MR) is 68.5 cm³/mol. The second-order valence-corrected chi connectivity index (χ2v) is 4.43. The molecule has 0 atom stereocenters. The number of hydrogen-bond donors (Lipinski definition) is 3. The second-order valence-electron chi connectivity index (χ2n) is 4.43. The number of rotatable bonds is 3. The van der Waals surface area contributed by atoms with Crippen molar-refractivity contribution in [3.05, 3.63) is 27.8 Å². The number of phenols is 1. The first kappa shape index (κ1) is 15.2. The Hall–Kier alpha value is -1.82. The number of aromatic hydroxyl groups is 1. The van der Waals surface area contributed by atoms with Gasteiger partial charge in [0.05, 0.1) is 10.6 Å². The SMILES string of the molecule is CCC(C)(C)c1cc(N)c(O)c([N+](=O)[O-])c1.[NH4+]. The minimum Gasteiger partial charge on any atom is -0.501 e. The fraction of sp³-hybridized carbons (Fsp3) is 0.455. The van der Waals surface area contributed by atoms with Crippen LogP contribution in [0.4, 0.5) is 11.4 Å². The summed E-state index contributed by atoms with van der Waals surface area (Å²) < 4.78 is 0. The molecule has 0 unspecified atom stereocenters. The number of nitrogens with two attached hydrogens (primary N) is 1. The Morgan fingerprint density at radius 1 is 1.47 bits per heavy atom. The van der Waals surface area contributed by atoms with E-state index < -0.39 is 10.7 Å². The maximum atomic E-state index is 10.7. The second kappa shape index (κ2) is 5.01. The summed E-state index contributed by atoms with van der Waals surface area (Å²) in [5.41, 5.74) is 5.83. The average molecular weight is 242 g/mol. The first-order valence-electron chi connectivity index (χ1n) is 5.07. The first-order chi connectivity index (χ1) is 7.29. The van der Waals surface area contributed by atoms with Gasteiger partial charge in [-0.25, -0.2) is 0 Å². The first-order valence-corrected chi connectivity index (χ1v) is 5.07. The third kappa shape index (κ3) is 2.85. The molecule has 0 fully saturated rings. The molecule has 17 heavy (non-hydrogen) atoms. The molecular weight excluding hydrogens is 222 g/mol. The molecular formula is C11H20N3O3+. The summed E-state index contributed by atoms with van der Waals surface area (Å²) in [6.07, 6.45) is 0.828. The predicted octanol–water partition coefficient (Wildman–Crippen LogP) is 2.95. The summed E-state index contributed by atoms with van der Waals surface area (Å²) in [6, 6.07) is 2.97. The van der Waals surface area contributed by atoms with Crippen molar-refractivity contribution in [3.63, 3.8) is 0 Å². The summed E-state index contributed by atoms with van der Waals surface area (Å²) in [5, 5.41) is 20.2. The van der Waals surface area contributed by atoms with Crippen molar-refractivity contribution >= 4 is 11.4 Å². The molecule has 0 aliphatic heterocycles. The van der Waals surface area contributed by atoms with Crippen LogP contribution in [0.1, 0.15) is 32.8 Å². The van der Waals surface area contributed by atoms with Crippen molar-refractivity contribution < 1.29 is 10.0 Å². The van der Waals surface area contributed by atoms with Gasteiger partial charge in [0.2, 0.25) is 5.75 Å². The standard InChI is InChI=1S/C11H16N2O3.H3N/c1-4-11(2,3)7-5-8(12)10(14)9(6-7)13(15)16;/h5-6,14H,4,12H2,1-3H3;1H3/p+1. The Kier molecular flexibility index (Phi) is 4.47. The quantitative estimate of drug-likeness (QED) is 0.326. The number of nitro groups is 1. The number of nitrogens with zero attached hydrogens (tertiary/aromatic N) is 1. The van der Waals surface area contributed by atoms with Crippen LogP contribution in [-0.4, -0.2) is 10.0 Å². The molecule has 0 spiro atoms. The van der Waals surface area contributed by atoms with Gasteiger partial charge >= 0.3 is 5.69 Å². The van der Waals surface area contributed by atoms with Gasteiger partial charge in [-0.1, -0.05) is 20.8 Å². The third-order valence-corrected chi connectivity index (χ3v) is 2.98. The number of nitrogen functional groups attached to an aromatic ring is 1. The monoisotopic (exact) mass is 242 g/mol. The van der Waals surface area contributed by atoms with Crippen LogP contribution >= 0.6 is 0 Å². The van der Waals surface area contributed by atoms with Crippen LogP contribution in [0.15, 0.2) is 12.1 Å². The number of quaternary nitrogens is 1. The molecule has 0 aliphatic carbocycles. The van der Waals surface area contributed by atoms with E-state index in [1.165, 1.54) is 6.07 Å². The Bertz CT molecular complexity index is 430. The van der Waals surface area contributed by atoms with Crippen molar-refractivity contribution in [2.45, 2.75) is 32.6 Å². The van der Waals surface area contributed by atoms with Gasteiger partial charge in [-0.05, 0) is 23.5 Å². The number of benzene rings is 1. The normalized spacial score (nSPS) is 10.8. The van der Waals surface area contributed by atoms with Gasteiger partial charge in [0.25, 0.3) is 0 Å². The minimum atomic E-state index is -0.624. The van der Waals surface area contributed by atoms with E-state index in [1.54, 1.807) is 6.07 Å². The Morgan fingerprint density at radius 3 is 2.41 bits per heavy atom. The number of phenolic OH excluding ortho intramolecular Hbond substituents is 1. The average Bonchev–Trinajstić information content (AvgIpc) is 2.21. The van der Waals surface area contributed by atoms with Crippen LogP contribution in [0.5, 0.6) is 5.75 Å². The van der Waals surface area contributed by atoms with Crippen molar-refractivity contribution in [3.8, 4) is 5.75 Å². The van der Waals surface area contributed by atoms with Crippen molar-refractivity contribution in [2.24, 2.45) is 0 Å². The van der Waals surface area contributed by atoms with Gasteiger partial charge in [0.1, 0.15) is 0 Å². The van der Waals surface area contributed by atoms with Gasteiger partial charge < -0.3 is 17.0 Å². The van der Waals surface area contributed by atoms with E-state index >= 15 is 0 Å². The van der Waals surface area contributed by atoms with Crippen LogP contribution in [-0.2, 0) is 5.41 Å². The van der Waals surface area contributed by atoms with E-state index in [9.17, 15) is 15.2 Å². The zero-order chi connectivity index (χ0) is 12.5. The molecule has 6 nitrogen and oxygen atoms in total. The largest absolute Gasteiger partial charge is 0.501 e. The van der Waals surface area contributed by atoms with Crippen LogP contribution in [0.3, 0.4) is 0 Å². The molecule has 0 saturated heterocycles. The van der Waals surface area contributed by atoms with E-state index in [2.05, 4.69) is 0 Å². The fourth-order valence-corrected chi connectivity index (χ4v) is 1.38. The van der Waals surface area contributed by atoms with Crippen molar-refractivity contribution in [1.29, 1.82) is 0 Å². The molecule has 0 heterocycles. The third-order valence-electron chi connectivity index (χ3n) is 2.98. The van der Waals surface area contributed by atoms with Crippen LogP contribution in [0, 0.1) is 10.1 Å². The van der Waals surface area contributed by atoms with Gasteiger partial charge in [-0.15, -0.1) is 0 Å². The number of anilines is 1. The van der Waals surface area contributed by atoms with Gasteiger partial charge in [0.15, 0.2) is 0 Å². The van der Waals surface area contributed by atoms with E-state index in [1.807, 2.05) is 20.8 Å². The van der Waals surface area contributed by atoms with E-state index in [-0.39, 0.29) is 22.9 Å². The van der Waals surface area contributed by atoms with Gasteiger partial charge in [0, 0.05) is 6.07 Å². The molecule has 0 amide bonds. The lowest BCUT2D eigenvalue weighted by atomic mass is 9.82. The maximum absolute atomic E-state index is 10.7. The Labute approximate surface area is 100 Å². The van der Waals surface area contributed by atoms with Crippen LogP contribution < -0.4 is 11.9 Å². The minimum absolute atomic E-state index is 0. The summed E-state index contributed by atoms with van der Waals surface area (Å²) in [6.45, 7) is 5.94. The highest BCUT2D eigenvalue weighted by atomic mass is 16.6.